The maximum atomic E-state index is 2.46. The van der Waals surface area contributed by atoms with Crippen LogP contribution in [0.5, 0.6) is 0 Å². The van der Waals surface area contributed by atoms with Crippen molar-refractivity contribution in [2.75, 3.05) is 4.90 Å². The fourth-order valence-corrected chi connectivity index (χ4v) is 11.9. The van der Waals surface area contributed by atoms with E-state index in [2.05, 4.69) is 301 Å². The van der Waals surface area contributed by atoms with Crippen LogP contribution in [0.25, 0.3) is 82.8 Å². The molecule has 342 valence electrons. The van der Waals surface area contributed by atoms with E-state index in [4.69, 9.17) is 0 Å². The molecule has 2 heteroatoms. The van der Waals surface area contributed by atoms with E-state index < -0.39 is 5.41 Å². The molecule has 13 aromatic rings. The summed E-state index contributed by atoms with van der Waals surface area (Å²) in [4.78, 5) is 2.44. The van der Waals surface area contributed by atoms with Gasteiger partial charge in [0.25, 0.3) is 0 Å². The molecule has 0 saturated carbocycles. The third kappa shape index (κ3) is 7.02. The van der Waals surface area contributed by atoms with Crippen LogP contribution < -0.4 is 4.90 Å². The van der Waals surface area contributed by atoms with Gasteiger partial charge in [0.15, 0.2) is 0 Å². The van der Waals surface area contributed by atoms with Gasteiger partial charge in [0.05, 0.1) is 16.4 Å². The first kappa shape index (κ1) is 42.4. The van der Waals surface area contributed by atoms with Crippen molar-refractivity contribution in [2.45, 2.75) is 5.41 Å². The molecule has 1 heterocycles. The Labute approximate surface area is 426 Å². The summed E-state index contributed by atoms with van der Waals surface area (Å²) in [6, 6.07) is 107. The summed E-state index contributed by atoms with van der Waals surface area (Å²) in [6.45, 7) is 0. The molecule has 12 aromatic carbocycles. The van der Waals surface area contributed by atoms with Crippen molar-refractivity contribution in [3.8, 4) is 50.2 Å². The van der Waals surface area contributed by atoms with Crippen LogP contribution in [0.1, 0.15) is 22.3 Å². The predicted molar refractivity (Wildman–Crippen MR) is 307 cm³/mol. The molecular weight excluding hydrogens is 881 g/mol. The molecule has 0 bridgehead atoms. The van der Waals surface area contributed by atoms with Crippen LogP contribution in [0, 0.1) is 0 Å². The van der Waals surface area contributed by atoms with Gasteiger partial charge in [-0.1, -0.05) is 212 Å². The molecule has 0 amide bonds. The Morgan fingerprint density at radius 2 is 0.767 bits per heavy atom. The minimum Gasteiger partial charge on any atom is -0.310 e. The number of fused-ring (bicyclic) bond motifs is 7. The van der Waals surface area contributed by atoms with Gasteiger partial charge in [-0.15, -0.1) is 0 Å². The van der Waals surface area contributed by atoms with E-state index in [1.165, 1.54) is 93.8 Å². The van der Waals surface area contributed by atoms with Crippen molar-refractivity contribution < 1.29 is 0 Å². The van der Waals surface area contributed by atoms with E-state index in [1.807, 2.05) is 0 Å². The highest BCUT2D eigenvalue weighted by molar-refractivity contribution is 6.10. The average molecular weight is 929 g/mol. The lowest BCUT2D eigenvalue weighted by Crippen LogP contribution is -2.28. The third-order valence-electron chi connectivity index (χ3n) is 15.2. The second kappa shape index (κ2) is 17.4. The van der Waals surface area contributed by atoms with Crippen LogP contribution in [0.15, 0.2) is 291 Å². The van der Waals surface area contributed by atoms with E-state index >= 15 is 0 Å². The Kier molecular flexibility index (Phi) is 10.1. The second-order valence-electron chi connectivity index (χ2n) is 19.3. The van der Waals surface area contributed by atoms with Crippen molar-refractivity contribution >= 4 is 49.6 Å². The minimum atomic E-state index is -0.522. The molecule has 1 aliphatic carbocycles. The van der Waals surface area contributed by atoms with Crippen LogP contribution in [0.3, 0.4) is 0 Å². The standard InChI is InChI=1S/C71H48N2/c1-5-18-49(19-6-1)53-32-33-55-46-61(40-36-54(55)45-53)72(62-41-42-64-63-28-13-15-30-67(63)71(68(64)48-62,57-22-7-2-8-23-57)58-24-9-3-10-25-58)60-38-34-50(35-39-60)51-20-17-21-52(44-51)56-37-43-70-66(47-56)65-29-14-16-31-69(65)73(70)59-26-11-4-12-27-59/h1-48H. The zero-order valence-corrected chi connectivity index (χ0v) is 40.1. The SMILES string of the molecule is c1ccc(-c2ccc3cc(N(c4ccc(-c5cccc(-c6ccc7c(c6)c6ccccc6n7-c6ccccc6)c5)cc4)c4ccc5c(c4)C(c4ccccc4)(c4ccccc4)c4ccccc4-5)ccc3c2)cc1. The smallest absolute Gasteiger partial charge is 0.0714 e. The molecule has 0 aliphatic heterocycles. The fourth-order valence-electron chi connectivity index (χ4n) is 11.9. The lowest BCUT2D eigenvalue weighted by atomic mass is 9.67. The van der Waals surface area contributed by atoms with Crippen molar-refractivity contribution in [1.29, 1.82) is 0 Å². The molecule has 0 N–H and O–H groups in total. The molecule has 0 fully saturated rings. The maximum Gasteiger partial charge on any atom is 0.0714 e. The summed E-state index contributed by atoms with van der Waals surface area (Å²) in [6.07, 6.45) is 0. The summed E-state index contributed by atoms with van der Waals surface area (Å²) in [5, 5.41) is 4.90. The summed E-state index contributed by atoms with van der Waals surface area (Å²) < 4.78 is 2.38. The Balaban J connectivity index is 0.892. The Hall–Kier alpha value is -9.50. The van der Waals surface area contributed by atoms with E-state index in [9.17, 15) is 0 Å². The summed E-state index contributed by atoms with van der Waals surface area (Å²) in [5.41, 5.74) is 21.1. The van der Waals surface area contributed by atoms with E-state index in [-0.39, 0.29) is 0 Å². The van der Waals surface area contributed by atoms with Gasteiger partial charge in [-0.05, 0) is 156 Å². The maximum absolute atomic E-state index is 2.46. The molecule has 1 aromatic heterocycles. The number of benzene rings is 12. The fraction of sp³-hybridized carbons (Fsp3) is 0.0141. The summed E-state index contributed by atoms with van der Waals surface area (Å²) in [7, 11) is 0. The predicted octanol–water partition coefficient (Wildman–Crippen LogP) is 18.8. The van der Waals surface area contributed by atoms with Crippen LogP contribution in [0.2, 0.25) is 0 Å². The highest BCUT2D eigenvalue weighted by Crippen LogP contribution is 2.57. The van der Waals surface area contributed by atoms with Gasteiger partial charge in [0.1, 0.15) is 0 Å². The zero-order valence-electron chi connectivity index (χ0n) is 40.1. The van der Waals surface area contributed by atoms with Gasteiger partial charge in [0.2, 0.25) is 0 Å². The minimum absolute atomic E-state index is 0.522. The number of rotatable bonds is 9. The van der Waals surface area contributed by atoms with Gasteiger partial charge in [0, 0.05) is 33.5 Å². The van der Waals surface area contributed by atoms with E-state index in [1.54, 1.807) is 0 Å². The van der Waals surface area contributed by atoms with Crippen LogP contribution in [-0.4, -0.2) is 4.57 Å². The number of nitrogens with zero attached hydrogens (tertiary/aromatic N) is 2. The number of hydrogen-bond acceptors (Lipinski definition) is 1. The van der Waals surface area contributed by atoms with Gasteiger partial charge in [-0.25, -0.2) is 0 Å². The largest absolute Gasteiger partial charge is 0.310 e. The first-order valence-electron chi connectivity index (χ1n) is 25.2. The Bertz CT molecular complexity index is 4140. The zero-order chi connectivity index (χ0) is 48.3. The monoisotopic (exact) mass is 928 g/mol. The number of para-hydroxylation sites is 2. The quantitative estimate of drug-likeness (QED) is 0.140. The first-order chi connectivity index (χ1) is 36.2. The molecule has 0 saturated heterocycles. The number of hydrogen-bond donors (Lipinski definition) is 0. The Morgan fingerprint density at radius 3 is 1.53 bits per heavy atom. The molecule has 73 heavy (non-hydrogen) atoms. The number of anilines is 3. The molecule has 0 spiro atoms. The summed E-state index contributed by atoms with van der Waals surface area (Å²) in [5.74, 6) is 0. The van der Waals surface area contributed by atoms with E-state index in [0.29, 0.717) is 0 Å². The molecule has 1 aliphatic rings. The van der Waals surface area contributed by atoms with E-state index in [0.717, 1.165) is 28.3 Å². The van der Waals surface area contributed by atoms with Crippen LogP contribution in [0.4, 0.5) is 17.1 Å². The second-order valence-corrected chi connectivity index (χ2v) is 19.3. The van der Waals surface area contributed by atoms with Gasteiger partial charge < -0.3 is 9.47 Å². The van der Waals surface area contributed by atoms with Gasteiger partial charge in [-0.2, -0.15) is 0 Å². The average Bonchev–Trinajstić information content (AvgIpc) is 3.96. The molecular formula is C71H48N2. The van der Waals surface area contributed by atoms with Crippen molar-refractivity contribution in [3.63, 3.8) is 0 Å². The van der Waals surface area contributed by atoms with Crippen LogP contribution >= 0.6 is 0 Å². The lowest BCUT2D eigenvalue weighted by Gasteiger charge is -2.35. The number of aromatic nitrogens is 1. The molecule has 0 radical (unpaired) electrons. The van der Waals surface area contributed by atoms with Crippen molar-refractivity contribution in [1.82, 2.24) is 4.57 Å². The molecule has 2 nitrogen and oxygen atoms in total. The Morgan fingerprint density at radius 1 is 0.274 bits per heavy atom. The lowest BCUT2D eigenvalue weighted by molar-refractivity contribution is 0.768. The topological polar surface area (TPSA) is 8.17 Å². The third-order valence-corrected chi connectivity index (χ3v) is 15.2. The molecule has 14 rings (SSSR count). The molecule has 0 unspecified atom stereocenters. The van der Waals surface area contributed by atoms with Crippen molar-refractivity contribution in [2.24, 2.45) is 0 Å². The van der Waals surface area contributed by atoms with Gasteiger partial charge >= 0.3 is 0 Å². The summed E-state index contributed by atoms with van der Waals surface area (Å²) >= 11 is 0. The highest BCUT2D eigenvalue weighted by atomic mass is 15.1. The van der Waals surface area contributed by atoms with Gasteiger partial charge in [-0.3, -0.25) is 0 Å². The van der Waals surface area contributed by atoms with Crippen LogP contribution in [-0.2, 0) is 5.41 Å². The first-order valence-corrected chi connectivity index (χ1v) is 25.2. The normalized spacial score (nSPS) is 12.5. The highest BCUT2D eigenvalue weighted by Gasteiger charge is 2.46. The molecule has 0 atom stereocenters. The van der Waals surface area contributed by atoms with Crippen molar-refractivity contribution in [3.05, 3.63) is 313 Å².